The van der Waals surface area contributed by atoms with Gasteiger partial charge in [-0.1, -0.05) is 31.1 Å². The summed E-state index contributed by atoms with van der Waals surface area (Å²) in [6.07, 6.45) is 1.67. The molecule has 0 radical (unpaired) electrons. The molecule has 0 aliphatic carbocycles. The highest BCUT2D eigenvalue weighted by molar-refractivity contribution is 5.29. The molecule has 0 unspecified atom stereocenters. The third-order valence-electron chi connectivity index (χ3n) is 3.00. The average Bonchev–Trinajstić information content (AvgIpc) is 2.49. The van der Waals surface area contributed by atoms with Crippen LogP contribution in [0.2, 0.25) is 0 Å². The fourth-order valence-electron chi connectivity index (χ4n) is 1.95. The lowest BCUT2D eigenvalue weighted by Crippen LogP contribution is -2.05. The van der Waals surface area contributed by atoms with E-state index in [1.54, 1.807) is 0 Å². The van der Waals surface area contributed by atoms with E-state index in [9.17, 15) is 0 Å². The Hall–Kier alpha value is -2.01. The predicted molar refractivity (Wildman–Crippen MR) is 77.9 cm³/mol. The minimum atomic E-state index is 0.306. The summed E-state index contributed by atoms with van der Waals surface area (Å²) in [6.45, 7) is 4.94. The van der Waals surface area contributed by atoms with Gasteiger partial charge in [0.15, 0.2) is 0 Å². The molecule has 106 valence electrons. The van der Waals surface area contributed by atoms with Gasteiger partial charge < -0.3 is 10.1 Å². The van der Waals surface area contributed by atoms with Crippen molar-refractivity contribution in [2.75, 3.05) is 7.05 Å². The molecule has 1 heterocycles. The number of benzene rings is 1. The number of nitrogens with zero attached hydrogens (tertiary/aromatic N) is 3. The van der Waals surface area contributed by atoms with E-state index in [2.05, 4.69) is 27.4 Å². The van der Waals surface area contributed by atoms with Crippen LogP contribution < -0.4 is 10.1 Å². The molecule has 1 N–H and O–H groups in total. The van der Waals surface area contributed by atoms with Crippen molar-refractivity contribution in [1.82, 2.24) is 20.5 Å². The van der Waals surface area contributed by atoms with Crippen molar-refractivity contribution in [3.63, 3.8) is 0 Å². The first-order valence-electron chi connectivity index (χ1n) is 6.90. The molecule has 2 rings (SSSR count). The molecule has 1 aromatic heterocycles. The molecule has 0 spiro atoms. The Morgan fingerprint density at radius 2 is 1.70 bits per heavy atom. The highest BCUT2D eigenvalue weighted by Gasteiger charge is 2.07. The van der Waals surface area contributed by atoms with E-state index < -0.39 is 0 Å². The number of ether oxygens (including phenoxy) is 1. The summed E-state index contributed by atoms with van der Waals surface area (Å²) in [6, 6.07) is 8.16. The Kier molecular flexibility index (Phi) is 5.01. The van der Waals surface area contributed by atoms with E-state index in [-0.39, 0.29) is 0 Å². The molecule has 0 fully saturated rings. The molecule has 5 heteroatoms. The maximum absolute atomic E-state index is 5.65. The summed E-state index contributed by atoms with van der Waals surface area (Å²) in [7, 11) is 1.92. The van der Waals surface area contributed by atoms with Crippen LogP contribution in [-0.2, 0) is 19.4 Å². The second-order valence-electron chi connectivity index (χ2n) is 4.47. The van der Waals surface area contributed by atoms with Gasteiger partial charge in [-0.15, -0.1) is 5.10 Å². The molecule has 20 heavy (non-hydrogen) atoms. The van der Waals surface area contributed by atoms with E-state index in [1.165, 1.54) is 5.56 Å². The molecule has 0 bridgehead atoms. The van der Waals surface area contributed by atoms with Crippen molar-refractivity contribution in [2.45, 2.75) is 33.2 Å². The Labute approximate surface area is 119 Å². The second kappa shape index (κ2) is 6.96. The van der Waals surface area contributed by atoms with Crippen molar-refractivity contribution < 1.29 is 4.74 Å². The standard InChI is InChI=1S/C15H20N4O/c1-4-13-14(5-2)18-19-15(17-13)20-12-8-6-11(7-9-12)10-16-3/h6-9,16H,4-5,10H2,1-3H3. The largest absolute Gasteiger partial charge is 0.423 e. The van der Waals surface area contributed by atoms with Crippen LogP contribution in [0.1, 0.15) is 30.8 Å². The Bertz CT molecular complexity index is 554. The van der Waals surface area contributed by atoms with Gasteiger partial charge in [-0.3, -0.25) is 0 Å². The number of aromatic nitrogens is 3. The monoisotopic (exact) mass is 272 g/mol. The second-order valence-corrected chi connectivity index (χ2v) is 4.47. The van der Waals surface area contributed by atoms with Crippen molar-refractivity contribution in [3.05, 3.63) is 41.2 Å². The zero-order chi connectivity index (χ0) is 14.4. The van der Waals surface area contributed by atoms with Crippen LogP contribution in [0.15, 0.2) is 24.3 Å². The first-order chi connectivity index (χ1) is 9.76. The van der Waals surface area contributed by atoms with E-state index in [0.29, 0.717) is 6.01 Å². The number of hydrogen-bond acceptors (Lipinski definition) is 5. The van der Waals surface area contributed by atoms with E-state index in [1.807, 2.05) is 38.2 Å². The fourth-order valence-corrected chi connectivity index (χ4v) is 1.95. The van der Waals surface area contributed by atoms with Crippen LogP contribution in [-0.4, -0.2) is 22.2 Å². The van der Waals surface area contributed by atoms with Crippen LogP contribution in [0.5, 0.6) is 11.8 Å². The molecule has 0 atom stereocenters. The van der Waals surface area contributed by atoms with Crippen LogP contribution in [0.3, 0.4) is 0 Å². The topological polar surface area (TPSA) is 59.9 Å². The van der Waals surface area contributed by atoms with Crippen LogP contribution in [0, 0.1) is 0 Å². The van der Waals surface area contributed by atoms with Gasteiger partial charge in [-0.25, -0.2) is 0 Å². The average molecular weight is 272 g/mol. The van der Waals surface area contributed by atoms with Crippen molar-refractivity contribution in [1.29, 1.82) is 0 Å². The minimum absolute atomic E-state index is 0.306. The predicted octanol–water partition coefficient (Wildman–Crippen LogP) is 2.51. The molecular formula is C15H20N4O. The lowest BCUT2D eigenvalue weighted by molar-refractivity contribution is 0.428. The summed E-state index contributed by atoms with van der Waals surface area (Å²) in [5, 5.41) is 11.3. The third kappa shape index (κ3) is 3.51. The van der Waals surface area contributed by atoms with E-state index in [0.717, 1.165) is 36.5 Å². The zero-order valence-electron chi connectivity index (χ0n) is 12.2. The highest BCUT2D eigenvalue weighted by Crippen LogP contribution is 2.18. The molecule has 1 aromatic carbocycles. The van der Waals surface area contributed by atoms with E-state index >= 15 is 0 Å². The summed E-state index contributed by atoms with van der Waals surface area (Å²) in [4.78, 5) is 4.41. The first-order valence-corrected chi connectivity index (χ1v) is 6.90. The van der Waals surface area contributed by atoms with Gasteiger partial charge in [0.05, 0.1) is 11.4 Å². The molecule has 0 aliphatic rings. The summed E-state index contributed by atoms with van der Waals surface area (Å²) in [5.41, 5.74) is 3.09. The maximum Gasteiger partial charge on any atom is 0.341 e. The minimum Gasteiger partial charge on any atom is -0.423 e. The van der Waals surface area contributed by atoms with Gasteiger partial charge in [0.25, 0.3) is 0 Å². The zero-order valence-corrected chi connectivity index (χ0v) is 12.2. The Morgan fingerprint density at radius 1 is 1.00 bits per heavy atom. The molecule has 0 saturated carbocycles. The molecule has 0 aliphatic heterocycles. The van der Waals surface area contributed by atoms with Crippen LogP contribution in [0.25, 0.3) is 0 Å². The summed E-state index contributed by atoms with van der Waals surface area (Å²) >= 11 is 0. The SMILES string of the molecule is CCc1nnc(Oc2ccc(CNC)cc2)nc1CC. The van der Waals surface area contributed by atoms with Crippen molar-refractivity contribution in [3.8, 4) is 11.8 Å². The summed E-state index contributed by atoms with van der Waals surface area (Å²) in [5.74, 6) is 0.720. The molecule has 5 nitrogen and oxygen atoms in total. The van der Waals surface area contributed by atoms with Gasteiger partial charge in [0, 0.05) is 6.54 Å². The smallest absolute Gasteiger partial charge is 0.341 e. The van der Waals surface area contributed by atoms with Crippen molar-refractivity contribution in [2.24, 2.45) is 0 Å². The van der Waals surface area contributed by atoms with Crippen LogP contribution in [0.4, 0.5) is 0 Å². The highest BCUT2D eigenvalue weighted by atomic mass is 16.5. The normalized spacial score (nSPS) is 10.6. The lowest BCUT2D eigenvalue weighted by Gasteiger charge is -2.07. The lowest BCUT2D eigenvalue weighted by atomic mass is 10.2. The van der Waals surface area contributed by atoms with E-state index in [4.69, 9.17) is 4.74 Å². The van der Waals surface area contributed by atoms with Gasteiger partial charge in [0.1, 0.15) is 5.75 Å². The van der Waals surface area contributed by atoms with Gasteiger partial charge >= 0.3 is 6.01 Å². The number of nitrogens with one attached hydrogen (secondary N) is 1. The number of aryl methyl sites for hydroxylation is 2. The molecule has 2 aromatic rings. The Balaban J connectivity index is 2.13. The fraction of sp³-hybridized carbons (Fsp3) is 0.400. The molecular weight excluding hydrogens is 252 g/mol. The van der Waals surface area contributed by atoms with Gasteiger partial charge in [-0.05, 0) is 37.6 Å². The molecule has 0 amide bonds. The summed E-state index contributed by atoms with van der Waals surface area (Å²) < 4.78 is 5.65. The number of hydrogen-bond donors (Lipinski definition) is 1. The van der Waals surface area contributed by atoms with Crippen LogP contribution >= 0.6 is 0 Å². The molecule has 0 saturated heterocycles. The number of rotatable bonds is 6. The van der Waals surface area contributed by atoms with Gasteiger partial charge in [-0.2, -0.15) is 4.98 Å². The quantitative estimate of drug-likeness (QED) is 0.875. The van der Waals surface area contributed by atoms with Crippen molar-refractivity contribution >= 4 is 0 Å². The third-order valence-corrected chi connectivity index (χ3v) is 3.00. The first kappa shape index (κ1) is 14.4. The maximum atomic E-state index is 5.65. The van der Waals surface area contributed by atoms with Gasteiger partial charge in [0.2, 0.25) is 0 Å². The Morgan fingerprint density at radius 3 is 2.30 bits per heavy atom.